The highest BCUT2D eigenvalue weighted by Gasteiger charge is 2.43. The van der Waals surface area contributed by atoms with E-state index in [0.717, 1.165) is 30.8 Å². The quantitative estimate of drug-likeness (QED) is 0.126. The number of hydrogen-bond donors (Lipinski definition) is 2. The van der Waals surface area contributed by atoms with Crippen molar-refractivity contribution in [1.82, 2.24) is 4.90 Å². The number of amides is 4. The first-order chi connectivity index (χ1) is 19.4. The second-order valence-corrected chi connectivity index (χ2v) is 9.37. The number of imide groups is 1. The topological polar surface area (TPSA) is 145 Å². The number of nitrogens with one attached hydrogen (secondary N) is 1. The van der Waals surface area contributed by atoms with E-state index in [1.807, 2.05) is 13.8 Å². The van der Waals surface area contributed by atoms with Crippen LogP contribution >= 0.6 is 0 Å². The molecular weight excluding hydrogens is 514 g/mol. The Kier molecular flexibility index (Phi) is 18.1. The molecule has 0 saturated heterocycles. The van der Waals surface area contributed by atoms with Crippen LogP contribution in [0.3, 0.4) is 0 Å². The molecule has 1 aliphatic rings. The van der Waals surface area contributed by atoms with E-state index in [9.17, 15) is 24.0 Å². The zero-order chi connectivity index (χ0) is 29.8. The van der Waals surface area contributed by atoms with Gasteiger partial charge in [0.2, 0.25) is 11.8 Å². The van der Waals surface area contributed by atoms with Gasteiger partial charge in [-0.1, -0.05) is 58.9 Å². The number of nitrogens with two attached hydrogens (primary N) is 1. The fourth-order valence-electron chi connectivity index (χ4n) is 4.32. The maximum atomic E-state index is 13.1. The van der Waals surface area contributed by atoms with Gasteiger partial charge in [0.1, 0.15) is 12.3 Å². The van der Waals surface area contributed by atoms with Crippen molar-refractivity contribution in [3.8, 4) is 0 Å². The van der Waals surface area contributed by atoms with Gasteiger partial charge in [-0.15, -0.1) is 0 Å². The van der Waals surface area contributed by atoms with Crippen molar-refractivity contribution in [3.05, 3.63) is 29.3 Å². The fraction of sp³-hybridized carbons (Fsp3) is 0.633. The summed E-state index contributed by atoms with van der Waals surface area (Å²) < 4.78 is 11.1. The number of carbonyl (C=O) groups excluding carboxylic acids is 5. The van der Waals surface area contributed by atoms with Crippen molar-refractivity contribution in [2.24, 2.45) is 5.73 Å². The number of unbranched alkanes of at least 4 members (excludes halogenated alkanes) is 6. The average Bonchev–Trinajstić information content (AvgIpc) is 3.20. The van der Waals surface area contributed by atoms with Crippen LogP contribution in [0.2, 0.25) is 0 Å². The van der Waals surface area contributed by atoms with E-state index >= 15 is 0 Å². The number of anilines is 1. The smallest absolute Gasteiger partial charge is 0.264 e. The Balaban J connectivity index is 0.00000391. The monoisotopic (exact) mass is 561 g/mol. The lowest BCUT2D eigenvalue weighted by Crippen LogP contribution is -2.47. The molecule has 10 nitrogen and oxygen atoms in total. The summed E-state index contributed by atoms with van der Waals surface area (Å²) in [7, 11) is 0. The molecule has 4 amide bonds. The third kappa shape index (κ3) is 11.6. The molecule has 1 heterocycles. The van der Waals surface area contributed by atoms with Crippen molar-refractivity contribution in [3.63, 3.8) is 0 Å². The second kappa shape index (κ2) is 20.7. The van der Waals surface area contributed by atoms with Gasteiger partial charge in [0.05, 0.1) is 30.0 Å². The number of primary amides is 1. The summed E-state index contributed by atoms with van der Waals surface area (Å²) in [6, 6.07) is 3.32. The first-order valence-corrected chi connectivity index (χ1v) is 14.6. The predicted octanol–water partition coefficient (Wildman–Crippen LogP) is 4.64. The first kappa shape index (κ1) is 34.9. The van der Waals surface area contributed by atoms with Gasteiger partial charge in [-0.05, 0) is 37.8 Å². The van der Waals surface area contributed by atoms with E-state index < -0.39 is 23.8 Å². The number of benzene rings is 1. The summed E-state index contributed by atoms with van der Waals surface area (Å²) in [6.45, 7) is 8.73. The van der Waals surface area contributed by atoms with E-state index in [-0.39, 0.29) is 42.0 Å². The van der Waals surface area contributed by atoms with Crippen molar-refractivity contribution >= 4 is 35.6 Å². The molecule has 1 aliphatic heterocycles. The highest BCUT2D eigenvalue weighted by Crippen LogP contribution is 2.31. The third-order valence-electron chi connectivity index (χ3n) is 6.38. The fourth-order valence-corrected chi connectivity index (χ4v) is 4.32. The number of fused-ring (bicyclic) bond motifs is 1. The average molecular weight is 562 g/mol. The molecule has 10 heteroatoms. The zero-order valence-corrected chi connectivity index (χ0v) is 24.4. The molecule has 0 aliphatic carbocycles. The molecule has 40 heavy (non-hydrogen) atoms. The van der Waals surface area contributed by atoms with Crippen molar-refractivity contribution in [2.75, 3.05) is 31.7 Å². The van der Waals surface area contributed by atoms with Gasteiger partial charge in [0.25, 0.3) is 11.8 Å². The van der Waals surface area contributed by atoms with Gasteiger partial charge in [0, 0.05) is 26.1 Å². The Bertz CT molecular complexity index is 951. The zero-order valence-electron chi connectivity index (χ0n) is 24.4. The highest BCUT2D eigenvalue weighted by atomic mass is 16.5. The summed E-state index contributed by atoms with van der Waals surface area (Å²) in [6.07, 6.45) is 9.12. The Morgan fingerprint density at radius 1 is 0.925 bits per heavy atom. The van der Waals surface area contributed by atoms with Gasteiger partial charge < -0.3 is 25.3 Å². The van der Waals surface area contributed by atoms with E-state index in [1.54, 1.807) is 6.07 Å². The van der Waals surface area contributed by atoms with Crippen molar-refractivity contribution < 1.29 is 33.4 Å². The van der Waals surface area contributed by atoms with E-state index in [0.29, 0.717) is 32.5 Å². The van der Waals surface area contributed by atoms with Crippen LogP contribution in [-0.4, -0.2) is 67.3 Å². The summed E-state index contributed by atoms with van der Waals surface area (Å²) in [5.41, 5.74) is 5.72. The molecule has 2 rings (SSSR count). The molecule has 1 unspecified atom stereocenters. The molecule has 1 aromatic rings. The second-order valence-electron chi connectivity index (χ2n) is 9.37. The number of rotatable bonds is 21. The minimum atomic E-state index is -1.24. The third-order valence-corrected chi connectivity index (χ3v) is 6.38. The molecule has 0 saturated carbocycles. The van der Waals surface area contributed by atoms with Gasteiger partial charge in [-0.3, -0.25) is 24.1 Å². The van der Waals surface area contributed by atoms with E-state index in [1.165, 1.54) is 37.8 Å². The Hall–Kier alpha value is -3.11. The SMILES string of the molecule is CC.CCCCCCCOCCOCCCCCC(=O)Nc1cccc2c1C(=O)N(C(CCC=O)C(N)=O)C2=O. The van der Waals surface area contributed by atoms with Crippen LogP contribution in [0.15, 0.2) is 18.2 Å². The number of aldehydes is 1. The standard InChI is InChI=1S/C28H41N3O7.C2H6/c1-2-3-4-5-8-17-37-19-20-38-18-9-6-7-15-24(33)30-22-13-10-12-21-25(22)28(36)31(27(21)35)23(26(29)34)14-11-16-32;1-2/h10,12-13,16,23H,2-9,11,14-15,17-20H2,1H3,(H2,29,34)(H,30,33);1-2H3. The van der Waals surface area contributed by atoms with Crippen LogP contribution in [0, 0.1) is 0 Å². The summed E-state index contributed by atoms with van der Waals surface area (Å²) in [5.74, 6) is -2.54. The van der Waals surface area contributed by atoms with Crippen LogP contribution in [0.4, 0.5) is 5.69 Å². The van der Waals surface area contributed by atoms with Gasteiger partial charge in [0.15, 0.2) is 0 Å². The number of hydrogen-bond acceptors (Lipinski definition) is 7. The molecule has 3 N–H and O–H groups in total. The van der Waals surface area contributed by atoms with Crippen molar-refractivity contribution in [1.29, 1.82) is 0 Å². The molecule has 0 spiro atoms. The molecule has 224 valence electrons. The molecule has 0 bridgehead atoms. The van der Waals surface area contributed by atoms with Gasteiger partial charge >= 0.3 is 0 Å². The maximum Gasteiger partial charge on any atom is 0.264 e. The van der Waals surface area contributed by atoms with Crippen LogP contribution in [0.1, 0.15) is 112 Å². The molecule has 1 atom stereocenters. The Morgan fingerprint density at radius 3 is 2.15 bits per heavy atom. The summed E-state index contributed by atoms with van der Waals surface area (Å²) >= 11 is 0. The first-order valence-electron chi connectivity index (χ1n) is 14.6. The lowest BCUT2D eigenvalue weighted by molar-refractivity contribution is -0.122. The van der Waals surface area contributed by atoms with Crippen LogP contribution in [0.25, 0.3) is 0 Å². The van der Waals surface area contributed by atoms with Gasteiger partial charge in [-0.2, -0.15) is 0 Å². The molecule has 1 aromatic carbocycles. The number of nitrogens with zero attached hydrogens (tertiary/aromatic N) is 1. The van der Waals surface area contributed by atoms with Crippen LogP contribution in [0.5, 0.6) is 0 Å². The predicted molar refractivity (Wildman–Crippen MR) is 154 cm³/mol. The van der Waals surface area contributed by atoms with Crippen LogP contribution < -0.4 is 11.1 Å². The summed E-state index contributed by atoms with van der Waals surface area (Å²) in [4.78, 5) is 61.8. The number of carbonyl (C=O) groups is 5. The minimum Gasteiger partial charge on any atom is -0.379 e. The highest BCUT2D eigenvalue weighted by molar-refractivity contribution is 6.25. The molecular formula is C30H47N3O7. The Morgan fingerprint density at radius 2 is 1.55 bits per heavy atom. The maximum absolute atomic E-state index is 13.1. The molecule has 0 fully saturated rings. The normalized spacial score (nSPS) is 12.9. The van der Waals surface area contributed by atoms with Crippen LogP contribution in [-0.2, 0) is 23.9 Å². The van der Waals surface area contributed by atoms with E-state index in [4.69, 9.17) is 15.2 Å². The Labute approximate surface area is 238 Å². The molecule has 0 aromatic heterocycles. The number of ether oxygens (including phenoxy) is 2. The van der Waals surface area contributed by atoms with E-state index in [2.05, 4.69) is 12.2 Å². The minimum absolute atomic E-state index is 0.0252. The largest absolute Gasteiger partial charge is 0.379 e. The lowest BCUT2D eigenvalue weighted by Gasteiger charge is -2.22. The lowest BCUT2D eigenvalue weighted by atomic mass is 10.1. The summed E-state index contributed by atoms with van der Waals surface area (Å²) in [5, 5.41) is 2.71. The molecule has 0 radical (unpaired) electrons. The van der Waals surface area contributed by atoms with Crippen molar-refractivity contribution in [2.45, 2.75) is 97.4 Å². The van der Waals surface area contributed by atoms with Gasteiger partial charge in [-0.25, -0.2) is 0 Å².